The van der Waals surface area contributed by atoms with Crippen molar-refractivity contribution >= 4 is 29.2 Å². The van der Waals surface area contributed by atoms with E-state index in [1.54, 1.807) is 29.2 Å². The molecule has 2 aromatic carbocycles. The Balaban J connectivity index is 1.02. The number of aromatic nitrogens is 1. The van der Waals surface area contributed by atoms with Gasteiger partial charge in [-0.25, -0.2) is 4.98 Å². The lowest BCUT2D eigenvalue weighted by atomic mass is 9.96. The molecule has 3 aliphatic rings. The molecule has 0 spiro atoms. The fourth-order valence-corrected chi connectivity index (χ4v) is 6.54. The average molecular weight is 612 g/mol. The first-order chi connectivity index (χ1) is 20.6. The van der Waals surface area contributed by atoms with Crippen molar-refractivity contribution in [2.45, 2.75) is 57.5 Å². The second kappa shape index (κ2) is 12.3. The monoisotopic (exact) mass is 611 g/mol. The van der Waals surface area contributed by atoms with Gasteiger partial charge in [-0.1, -0.05) is 41.9 Å². The van der Waals surface area contributed by atoms with Gasteiger partial charge >= 0.3 is 6.18 Å². The molecule has 1 aromatic heterocycles. The highest BCUT2D eigenvalue weighted by atomic mass is 35.5. The van der Waals surface area contributed by atoms with Gasteiger partial charge in [0.15, 0.2) is 0 Å². The van der Waals surface area contributed by atoms with Crippen molar-refractivity contribution in [3.63, 3.8) is 0 Å². The zero-order chi connectivity index (χ0) is 30.1. The van der Waals surface area contributed by atoms with Crippen LogP contribution in [0.25, 0.3) is 11.1 Å². The third kappa shape index (κ3) is 6.71. The van der Waals surface area contributed by atoms with Crippen LogP contribution in [0.15, 0.2) is 54.7 Å². The minimum Gasteiger partial charge on any atom is -0.356 e. The van der Waals surface area contributed by atoms with E-state index in [4.69, 9.17) is 11.6 Å². The molecule has 0 aliphatic carbocycles. The Morgan fingerprint density at radius 2 is 1.77 bits per heavy atom. The van der Waals surface area contributed by atoms with Crippen molar-refractivity contribution in [2.75, 3.05) is 24.5 Å². The van der Waals surface area contributed by atoms with Crippen LogP contribution < -0.4 is 15.5 Å². The van der Waals surface area contributed by atoms with Gasteiger partial charge in [0.2, 0.25) is 11.8 Å². The lowest BCUT2D eigenvalue weighted by molar-refractivity contribution is -0.138. The molecule has 3 aliphatic heterocycles. The summed E-state index contributed by atoms with van der Waals surface area (Å²) in [6, 6.07) is 14.0. The standard InChI is InChI=1S/C32H33ClF3N5O2/c33-26-3-1-2-22(13-26)24-14-27(32(34,35)36)30(38-17-24)40-10-8-20(9-11-40)15-37-16-21-4-5-23-18-41(19-25(23)12-21)28-6-7-29(42)39-31(28)43/h1-5,12-14,17,20,28,37H,6-11,15-16,18-19H2,(H,39,42,43). The van der Waals surface area contributed by atoms with Gasteiger partial charge in [0, 0.05) is 55.9 Å². The predicted octanol–water partition coefficient (Wildman–Crippen LogP) is 5.55. The second-order valence-electron chi connectivity index (χ2n) is 11.6. The van der Waals surface area contributed by atoms with E-state index in [2.05, 4.69) is 38.7 Å². The Morgan fingerprint density at radius 1 is 0.977 bits per heavy atom. The Morgan fingerprint density at radius 3 is 2.51 bits per heavy atom. The third-order valence-corrected chi connectivity index (χ3v) is 8.91. The molecule has 1 unspecified atom stereocenters. The van der Waals surface area contributed by atoms with Gasteiger partial charge in [-0.05, 0) is 72.2 Å². The summed E-state index contributed by atoms with van der Waals surface area (Å²) in [6.45, 7) is 3.86. The molecule has 6 rings (SSSR count). The summed E-state index contributed by atoms with van der Waals surface area (Å²) < 4.78 is 42.2. The van der Waals surface area contributed by atoms with Gasteiger partial charge in [-0.2, -0.15) is 13.2 Å². The normalized spacial score (nSPS) is 19.9. The number of halogens is 4. The number of carbonyl (C=O) groups excluding carboxylic acids is 2. The highest BCUT2D eigenvalue weighted by Gasteiger charge is 2.37. The van der Waals surface area contributed by atoms with E-state index >= 15 is 0 Å². The minimum absolute atomic E-state index is 0.0193. The molecule has 7 nitrogen and oxygen atoms in total. The maximum absolute atomic E-state index is 14.1. The number of anilines is 1. The zero-order valence-electron chi connectivity index (χ0n) is 23.6. The SMILES string of the molecule is O=C1CCC(N2Cc3ccc(CNCC4CCN(c5ncc(-c6cccc(Cl)c6)cc5C(F)(F)F)CC4)cc3C2)C(=O)N1. The summed E-state index contributed by atoms with van der Waals surface area (Å²) in [6.07, 6.45) is -0.573. The summed E-state index contributed by atoms with van der Waals surface area (Å²) in [5.41, 5.74) is 3.80. The number of hydrogen-bond donors (Lipinski definition) is 2. The van der Waals surface area contributed by atoms with E-state index in [0.717, 1.165) is 24.9 Å². The van der Waals surface area contributed by atoms with Crippen LogP contribution in [-0.2, 0) is 35.4 Å². The lowest BCUT2D eigenvalue weighted by Gasteiger charge is -2.34. The summed E-state index contributed by atoms with van der Waals surface area (Å²) in [7, 11) is 0. The van der Waals surface area contributed by atoms with E-state index in [-0.39, 0.29) is 23.7 Å². The number of piperidine rings is 2. The highest BCUT2D eigenvalue weighted by Crippen LogP contribution is 2.39. The van der Waals surface area contributed by atoms with E-state index in [1.165, 1.54) is 23.4 Å². The maximum atomic E-state index is 14.1. The molecular weight excluding hydrogens is 579 g/mol. The van der Waals surface area contributed by atoms with Crippen LogP contribution >= 0.6 is 11.6 Å². The van der Waals surface area contributed by atoms with Gasteiger partial charge in [0.25, 0.3) is 0 Å². The number of benzene rings is 2. The first-order valence-electron chi connectivity index (χ1n) is 14.6. The van der Waals surface area contributed by atoms with Crippen molar-refractivity contribution in [3.05, 3.63) is 82.0 Å². The number of imide groups is 1. The third-order valence-electron chi connectivity index (χ3n) is 8.67. The van der Waals surface area contributed by atoms with Crippen LogP contribution in [0.2, 0.25) is 5.02 Å². The Bertz CT molecular complexity index is 1520. The first-order valence-corrected chi connectivity index (χ1v) is 15.0. The van der Waals surface area contributed by atoms with Crippen molar-refractivity contribution in [1.29, 1.82) is 0 Å². The molecule has 2 fully saturated rings. The fraction of sp³-hybridized carbons (Fsp3) is 0.406. The predicted molar refractivity (Wildman–Crippen MR) is 158 cm³/mol. The van der Waals surface area contributed by atoms with Gasteiger partial charge < -0.3 is 10.2 Å². The summed E-state index contributed by atoms with van der Waals surface area (Å²) >= 11 is 6.05. The number of rotatable bonds is 7. The van der Waals surface area contributed by atoms with Crippen molar-refractivity contribution in [2.24, 2.45) is 5.92 Å². The van der Waals surface area contributed by atoms with Gasteiger partial charge in [0.05, 0.1) is 11.6 Å². The molecule has 2 saturated heterocycles. The molecule has 0 radical (unpaired) electrons. The molecule has 1 atom stereocenters. The average Bonchev–Trinajstić information content (AvgIpc) is 3.40. The molecule has 11 heteroatoms. The van der Waals surface area contributed by atoms with Crippen LogP contribution in [0.5, 0.6) is 0 Å². The number of fused-ring (bicyclic) bond motifs is 1. The number of pyridine rings is 1. The van der Waals surface area contributed by atoms with Gasteiger partial charge in [-0.3, -0.25) is 19.8 Å². The molecule has 4 heterocycles. The van der Waals surface area contributed by atoms with Crippen LogP contribution in [0.4, 0.5) is 19.0 Å². The molecule has 2 amide bonds. The van der Waals surface area contributed by atoms with Crippen LogP contribution in [-0.4, -0.2) is 47.4 Å². The quantitative estimate of drug-likeness (QED) is 0.341. The summed E-state index contributed by atoms with van der Waals surface area (Å²) in [5, 5.41) is 6.43. The van der Waals surface area contributed by atoms with E-state index in [0.29, 0.717) is 67.6 Å². The molecular formula is C32H33ClF3N5O2. The molecule has 43 heavy (non-hydrogen) atoms. The Labute approximate surface area is 253 Å². The molecule has 226 valence electrons. The fourth-order valence-electron chi connectivity index (χ4n) is 6.35. The zero-order valence-corrected chi connectivity index (χ0v) is 24.3. The smallest absolute Gasteiger partial charge is 0.356 e. The van der Waals surface area contributed by atoms with Crippen molar-refractivity contribution in [3.8, 4) is 11.1 Å². The minimum atomic E-state index is -4.52. The van der Waals surface area contributed by atoms with Crippen LogP contribution in [0.3, 0.4) is 0 Å². The van der Waals surface area contributed by atoms with Gasteiger partial charge in [0.1, 0.15) is 5.82 Å². The van der Waals surface area contributed by atoms with Crippen LogP contribution in [0, 0.1) is 5.92 Å². The number of nitrogens with zero attached hydrogens (tertiary/aromatic N) is 3. The maximum Gasteiger partial charge on any atom is 0.419 e. The second-order valence-corrected chi connectivity index (χ2v) is 12.1. The van der Waals surface area contributed by atoms with Crippen molar-refractivity contribution < 1.29 is 22.8 Å². The van der Waals surface area contributed by atoms with Gasteiger partial charge in [-0.15, -0.1) is 0 Å². The molecule has 3 aromatic rings. The number of alkyl halides is 3. The molecule has 2 N–H and O–H groups in total. The number of amides is 2. The Kier molecular flexibility index (Phi) is 8.44. The highest BCUT2D eigenvalue weighted by molar-refractivity contribution is 6.30. The first kappa shape index (κ1) is 29.6. The number of hydrogen-bond acceptors (Lipinski definition) is 6. The topological polar surface area (TPSA) is 77.6 Å². The van der Waals surface area contributed by atoms with E-state index in [1.807, 2.05) is 0 Å². The summed E-state index contributed by atoms with van der Waals surface area (Å²) in [5.74, 6) is -0.0804. The van der Waals surface area contributed by atoms with Crippen molar-refractivity contribution in [1.82, 2.24) is 20.5 Å². The molecule has 0 bridgehead atoms. The summed E-state index contributed by atoms with van der Waals surface area (Å²) in [4.78, 5) is 31.9. The number of nitrogens with one attached hydrogen (secondary N) is 2. The van der Waals surface area contributed by atoms with E-state index < -0.39 is 11.7 Å². The Hall–Kier alpha value is -3.47. The largest absolute Gasteiger partial charge is 0.419 e. The molecule has 0 saturated carbocycles. The number of carbonyl (C=O) groups is 2. The van der Waals surface area contributed by atoms with Crippen LogP contribution in [0.1, 0.15) is 47.9 Å². The lowest BCUT2D eigenvalue weighted by Crippen LogP contribution is -2.50. The van der Waals surface area contributed by atoms with E-state index in [9.17, 15) is 22.8 Å².